The molecule has 1 aromatic heterocycles. The van der Waals surface area contributed by atoms with Gasteiger partial charge in [-0.3, -0.25) is 14.3 Å². The molecule has 3 aliphatic heterocycles. The van der Waals surface area contributed by atoms with Crippen molar-refractivity contribution >= 4 is 46.0 Å². The molecule has 222 valence electrons. The smallest absolute Gasteiger partial charge is 0.350 e. The second-order valence-electron chi connectivity index (χ2n) is 11.2. The van der Waals surface area contributed by atoms with E-state index >= 15 is 4.39 Å². The van der Waals surface area contributed by atoms with E-state index in [-0.39, 0.29) is 28.2 Å². The Hall–Kier alpha value is -2.99. The van der Waals surface area contributed by atoms with E-state index in [0.717, 1.165) is 48.1 Å². The number of benzene rings is 2. The number of piperazine rings is 2. The maximum absolute atomic E-state index is 15.3. The molecule has 1 amide bonds. The molecule has 0 N–H and O–H groups in total. The summed E-state index contributed by atoms with van der Waals surface area (Å²) in [4.78, 5) is 39.9. The molecule has 0 spiro atoms. The molecule has 1 unspecified atom stereocenters. The second kappa shape index (κ2) is 11.6. The van der Waals surface area contributed by atoms with Crippen LogP contribution in [0.15, 0.2) is 40.5 Å². The molecule has 3 aromatic rings. The van der Waals surface area contributed by atoms with Crippen LogP contribution in [-0.4, -0.2) is 102 Å². The zero-order valence-corrected chi connectivity index (χ0v) is 25.3. The van der Waals surface area contributed by atoms with Crippen molar-refractivity contribution in [2.24, 2.45) is 0 Å². The molecule has 0 aliphatic carbocycles. The van der Waals surface area contributed by atoms with Gasteiger partial charge in [0.05, 0.1) is 16.6 Å². The van der Waals surface area contributed by atoms with E-state index in [2.05, 4.69) is 28.4 Å². The van der Waals surface area contributed by atoms with Gasteiger partial charge in [-0.2, -0.15) is 4.98 Å². The van der Waals surface area contributed by atoms with Gasteiger partial charge < -0.3 is 14.7 Å². The van der Waals surface area contributed by atoms with Gasteiger partial charge in [0.2, 0.25) is 5.91 Å². The molecule has 3 aliphatic rings. The Morgan fingerprint density at radius 2 is 1.81 bits per heavy atom. The highest BCUT2D eigenvalue weighted by molar-refractivity contribution is 7.99. The number of anilines is 1. The number of aryl methyl sites for hydroxylation is 1. The van der Waals surface area contributed by atoms with Crippen LogP contribution >= 0.6 is 23.4 Å². The minimum atomic E-state index is -0.817. The second-order valence-corrected chi connectivity index (χ2v) is 12.7. The normalized spacial score (nSPS) is 19.9. The highest BCUT2D eigenvalue weighted by Crippen LogP contribution is 2.47. The Bertz CT molecular complexity index is 1630. The first-order valence-electron chi connectivity index (χ1n) is 14.1. The van der Waals surface area contributed by atoms with Gasteiger partial charge in [0, 0.05) is 92.1 Å². The molecule has 6 rings (SSSR count). The van der Waals surface area contributed by atoms with Crippen LogP contribution in [0.4, 0.5) is 14.6 Å². The van der Waals surface area contributed by atoms with Gasteiger partial charge in [-0.1, -0.05) is 18.2 Å². The van der Waals surface area contributed by atoms with Crippen LogP contribution in [0, 0.1) is 18.6 Å². The molecule has 0 bridgehead atoms. The van der Waals surface area contributed by atoms with Gasteiger partial charge in [0.15, 0.2) is 0 Å². The first-order chi connectivity index (χ1) is 20.2. The molecule has 4 heterocycles. The molecule has 0 radical (unpaired) electrons. The Morgan fingerprint density at radius 1 is 1.10 bits per heavy atom. The van der Waals surface area contributed by atoms with Gasteiger partial charge in [-0.15, -0.1) is 11.8 Å². The van der Waals surface area contributed by atoms with Gasteiger partial charge in [-0.25, -0.2) is 13.6 Å². The molecule has 2 fully saturated rings. The topological polar surface area (TPSA) is 64.9 Å². The van der Waals surface area contributed by atoms with Crippen LogP contribution in [0.3, 0.4) is 0 Å². The SMILES string of the molecule is C=CC(=O)N1CCN(c2nc(=O)n3c4c(c(-c5cc(Cl)c(F)cc5F)c(C)cc24)SCC3CN2CCN(C)CC2)CC1. The van der Waals surface area contributed by atoms with Gasteiger partial charge in [-0.05, 0) is 37.7 Å². The summed E-state index contributed by atoms with van der Waals surface area (Å²) in [7, 11) is 2.11. The molecule has 2 saturated heterocycles. The molecule has 42 heavy (non-hydrogen) atoms. The fourth-order valence-electron chi connectivity index (χ4n) is 6.24. The number of carbonyl (C=O) groups is 1. The Kier molecular flexibility index (Phi) is 8.03. The van der Waals surface area contributed by atoms with E-state index in [1.54, 1.807) is 21.2 Å². The Morgan fingerprint density at radius 3 is 2.50 bits per heavy atom. The van der Waals surface area contributed by atoms with Crippen molar-refractivity contribution in [1.29, 1.82) is 0 Å². The highest BCUT2D eigenvalue weighted by atomic mass is 35.5. The fraction of sp³-hybridized carbons (Fsp3) is 0.433. The molecule has 0 saturated carbocycles. The highest BCUT2D eigenvalue weighted by Gasteiger charge is 2.33. The summed E-state index contributed by atoms with van der Waals surface area (Å²) in [6.45, 7) is 11.9. The molecule has 12 heteroatoms. The maximum atomic E-state index is 15.3. The predicted molar refractivity (Wildman–Crippen MR) is 164 cm³/mol. The van der Waals surface area contributed by atoms with E-state index in [1.165, 1.54) is 12.1 Å². The number of rotatable bonds is 5. The van der Waals surface area contributed by atoms with E-state index in [9.17, 15) is 14.0 Å². The minimum absolute atomic E-state index is 0.122. The number of amides is 1. The number of nitrogens with zero attached hydrogens (tertiary/aromatic N) is 6. The van der Waals surface area contributed by atoms with Crippen molar-refractivity contribution in [3.63, 3.8) is 0 Å². The monoisotopic (exact) mass is 614 g/mol. The first-order valence-corrected chi connectivity index (χ1v) is 15.5. The van der Waals surface area contributed by atoms with Crippen molar-refractivity contribution in [2.45, 2.75) is 17.9 Å². The molecule has 2 aromatic carbocycles. The average molecular weight is 615 g/mol. The quantitative estimate of drug-likeness (QED) is 0.318. The fourth-order valence-corrected chi connectivity index (χ4v) is 7.78. The third-order valence-corrected chi connectivity index (χ3v) is 10.1. The van der Waals surface area contributed by atoms with Crippen LogP contribution < -0.4 is 10.6 Å². The lowest BCUT2D eigenvalue weighted by molar-refractivity contribution is -0.126. The van der Waals surface area contributed by atoms with E-state index in [1.807, 2.05) is 17.9 Å². The van der Waals surface area contributed by atoms with Gasteiger partial charge in [0.1, 0.15) is 17.5 Å². The van der Waals surface area contributed by atoms with Crippen LogP contribution in [0.1, 0.15) is 11.6 Å². The van der Waals surface area contributed by atoms with E-state index in [0.29, 0.717) is 55.4 Å². The zero-order chi connectivity index (χ0) is 29.7. The number of halogens is 3. The first kappa shape index (κ1) is 29.1. The van der Waals surface area contributed by atoms with Crippen LogP contribution in [-0.2, 0) is 4.79 Å². The van der Waals surface area contributed by atoms with Crippen LogP contribution in [0.5, 0.6) is 0 Å². The zero-order valence-electron chi connectivity index (χ0n) is 23.7. The molecule has 1 atom stereocenters. The molecule has 8 nitrogen and oxygen atoms in total. The summed E-state index contributed by atoms with van der Waals surface area (Å²) in [6, 6.07) is 3.96. The van der Waals surface area contributed by atoms with Crippen molar-refractivity contribution in [3.05, 3.63) is 63.6 Å². The molecular formula is C30H33ClF2N6O2S. The van der Waals surface area contributed by atoms with Crippen LogP contribution in [0.25, 0.3) is 22.0 Å². The van der Waals surface area contributed by atoms with Gasteiger partial charge in [0.25, 0.3) is 0 Å². The summed E-state index contributed by atoms with van der Waals surface area (Å²) in [5.41, 5.74) is 1.95. The maximum Gasteiger partial charge on any atom is 0.350 e. The lowest BCUT2D eigenvalue weighted by Crippen LogP contribution is -2.50. The molecular weight excluding hydrogens is 582 g/mol. The number of carbonyl (C=O) groups excluding carboxylic acids is 1. The van der Waals surface area contributed by atoms with E-state index < -0.39 is 11.6 Å². The van der Waals surface area contributed by atoms with Crippen molar-refractivity contribution < 1.29 is 13.6 Å². The standard InChI is InChI=1S/C30H33ClF2N6O2S/c1-4-25(40)37-9-11-38(12-10-37)29-21-13-18(2)26(20-14-22(31)24(33)15-23(20)32)28-27(21)39(30(41)34-29)19(17-42-28)16-36-7-5-35(3)6-8-36/h4,13-15,19H,1,5-12,16-17H2,2-3H3. The largest absolute Gasteiger partial charge is 0.352 e. The third-order valence-electron chi connectivity index (χ3n) is 8.54. The van der Waals surface area contributed by atoms with Crippen molar-refractivity contribution in [2.75, 3.05) is 76.6 Å². The summed E-state index contributed by atoms with van der Waals surface area (Å²) < 4.78 is 31.2. The lowest BCUT2D eigenvalue weighted by Gasteiger charge is -2.38. The summed E-state index contributed by atoms with van der Waals surface area (Å²) >= 11 is 7.72. The Balaban J connectivity index is 1.51. The summed E-state index contributed by atoms with van der Waals surface area (Å²) in [5.74, 6) is -0.469. The van der Waals surface area contributed by atoms with Crippen LogP contribution in [0.2, 0.25) is 5.02 Å². The summed E-state index contributed by atoms with van der Waals surface area (Å²) in [5, 5.41) is 0.644. The lowest BCUT2D eigenvalue weighted by atomic mass is 9.96. The Labute approximate surface area is 252 Å². The van der Waals surface area contributed by atoms with Crippen molar-refractivity contribution in [3.8, 4) is 11.1 Å². The van der Waals surface area contributed by atoms with E-state index in [4.69, 9.17) is 11.6 Å². The predicted octanol–water partition coefficient (Wildman–Crippen LogP) is 4.03. The number of aromatic nitrogens is 2. The number of hydrogen-bond donors (Lipinski definition) is 0. The average Bonchev–Trinajstić information content (AvgIpc) is 2.98. The number of hydrogen-bond acceptors (Lipinski definition) is 7. The van der Waals surface area contributed by atoms with Crippen molar-refractivity contribution in [1.82, 2.24) is 24.3 Å². The number of thioether (sulfide) groups is 1. The third kappa shape index (κ3) is 5.21. The number of likely N-dealkylation sites (N-methyl/N-ethyl adjacent to an activating group) is 1. The van der Waals surface area contributed by atoms with Gasteiger partial charge >= 0.3 is 5.69 Å². The summed E-state index contributed by atoms with van der Waals surface area (Å²) in [6.07, 6.45) is 1.31. The minimum Gasteiger partial charge on any atom is -0.352 e.